The Balaban J connectivity index is 1.43. The van der Waals surface area contributed by atoms with Crippen LogP contribution in [0.3, 0.4) is 0 Å². The smallest absolute Gasteiger partial charge is 0.225 e. The first-order valence-corrected chi connectivity index (χ1v) is 8.68. The fourth-order valence-corrected chi connectivity index (χ4v) is 3.47. The molecule has 4 rings (SSSR count). The van der Waals surface area contributed by atoms with Gasteiger partial charge in [0.15, 0.2) is 5.82 Å². The molecular weight excluding hydrogens is 320 g/mol. The Morgan fingerprint density at radius 3 is 3.04 bits per heavy atom. The Morgan fingerprint density at radius 2 is 2.20 bits per heavy atom. The van der Waals surface area contributed by atoms with Gasteiger partial charge in [-0.25, -0.2) is 4.98 Å². The number of H-pyrrole nitrogens is 1. The first-order chi connectivity index (χ1) is 12.2. The lowest BCUT2D eigenvalue weighted by atomic mass is 9.95. The molecule has 0 radical (unpaired) electrons. The van der Waals surface area contributed by atoms with Gasteiger partial charge in [0.05, 0.1) is 32.3 Å². The Morgan fingerprint density at radius 1 is 1.32 bits per heavy atom. The van der Waals surface area contributed by atoms with Crippen molar-refractivity contribution >= 4 is 5.91 Å². The maximum Gasteiger partial charge on any atom is 0.225 e. The highest BCUT2D eigenvalue weighted by Crippen LogP contribution is 2.30. The van der Waals surface area contributed by atoms with Crippen molar-refractivity contribution in [3.63, 3.8) is 0 Å². The van der Waals surface area contributed by atoms with Crippen LogP contribution in [-0.4, -0.2) is 52.3 Å². The van der Waals surface area contributed by atoms with E-state index in [9.17, 15) is 4.79 Å². The molecule has 2 aromatic rings. The van der Waals surface area contributed by atoms with Crippen LogP contribution in [0.1, 0.15) is 41.4 Å². The lowest BCUT2D eigenvalue weighted by Gasteiger charge is -2.33. The number of aryl methyl sites for hydroxylation is 1. The van der Waals surface area contributed by atoms with E-state index in [-0.39, 0.29) is 18.1 Å². The van der Waals surface area contributed by atoms with Crippen molar-refractivity contribution in [2.75, 3.05) is 26.3 Å². The van der Waals surface area contributed by atoms with E-state index in [0.29, 0.717) is 38.5 Å². The van der Waals surface area contributed by atoms with Crippen molar-refractivity contribution in [3.8, 4) is 0 Å². The zero-order valence-corrected chi connectivity index (χ0v) is 14.3. The number of ether oxygens (including phenoxy) is 2. The van der Waals surface area contributed by atoms with Crippen LogP contribution >= 0.6 is 0 Å². The van der Waals surface area contributed by atoms with E-state index in [0.717, 1.165) is 17.8 Å². The van der Waals surface area contributed by atoms with Gasteiger partial charge in [-0.2, -0.15) is 5.10 Å². The van der Waals surface area contributed by atoms with Crippen LogP contribution in [-0.2, 0) is 20.7 Å². The number of aromatic amines is 1. The molecule has 0 aliphatic carbocycles. The third-order valence-electron chi connectivity index (χ3n) is 4.77. The molecule has 3 heterocycles. The average molecular weight is 342 g/mol. The van der Waals surface area contributed by atoms with E-state index in [1.807, 2.05) is 24.0 Å². The Hall–Kier alpha value is -2.25. The monoisotopic (exact) mass is 342 g/mol. The summed E-state index contributed by atoms with van der Waals surface area (Å²) in [5.74, 6) is 1.44. The zero-order chi connectivity index (χ0) is 17.2. The molecule has 1 saturated heterocycles. The molecule has 25 heavy (non-hydrogen) atoms. The van der Waals surface area contributed by atoms with Gasteiger partial charge in [0.2, 0.25) is 5.91 Å². The standard InChI is InChI=1S/C18H22N4O3/c1-12-19-18(21-20-12)16-11-22(7-9-25-16)17(23)10-15-14-5-3-2-4-13(14)6-8-24-15/h2-5,15-16H,6-11H2,1H3,(H,19,20,21)/t15-,16+/m0/s1. The van der Waals surface area contributed by atoms with Gasteiger partial charge in [-0.15, -0.1) is 0 Å². The summed E-state index contributed by atoms with van der Waals surface area (Å²) in [6.45, 7) is 4.07. The third kappa shape index (κ3) is 3.43. The van der Waals surface area contributed by atoms with E-state index in [1.165, 1.54) is 5.56 Å². The summed E-state index contributed by atoms with van der Waals surface area (Å²) in [5.41, 5.74) is 2.42. The molecular formula is C18H22N4O3. The molecule has 1 N–H and O–H groups in total. The summed E-state index contributed by atoms with van der Waals surface area (Å²) < 4.78 is 11.6. The summed E-state index contributed by atoms with van der Waals surface area (Å²) in [4.78, 5) is 19.0. The van der Waals surface area contributed by atoms with Crippen LogP contribution in [0.15, 0.2) is 24.3 Å². The number of aromatic nitrogens is 3. The third-order valence-corrected chi connectivity index (χ3v) is 4.77. The van der Waals surface area contributed by atoms with Gasteiger partial charge in [-0.3, -0.25) is 9.89 Å². The van der Waals surface area contributed by atoms with Gasteiger partial charge < -0.3 is 14.4 Å². The SMILES string of the molecule is Cc1nc([C@H]2CN(C(=O)C[C@@H]3OCCc4ccccc43)CCO2)n[nH]1. The van der Waals surface area contributed by atoms with E-state index in [4.69, 9.17) is 9.47 Å². The lowest BCUT2D eigenvalue weighted by molar-refractivity contribution is -0.142. The maximum atomic E-state index is 12.8. The second-order valence-electron chi connectivity index (χ2n) is 6.49. The number of carbonyl (C=O) groups is 1. The van der Waals surface area contributed by atoms with Crippen LogP contribution in [0.2, 0.25) is 0 Å². The summed E-state index contributed by atoms with van der Waals surface area (Å²) >= 11 is 0. The predicted octanol–water partition coefficient (Wildman–Crippen LogP) is 1.72. The lowest BCUT2D eigenvalue weighted by Crippen LogP contribution is -2.43. The van der Waals surface area contributed by atoms with Crippen LogP contribution in [0.5, 0.6) is 0 Å². The van der Waals surface area contributed by atoms with Gasteiger partial charge in [0.1, 0.15) is 11.9 Å². The number of nitrogens with one attached hydrogen (secondary N) is 1. The number of fused-ring (bicyclic) bond motifs is 1. The molecule has 0 bridgehead atoms. The summed E-state index contributed by atoms with van der Waals surface area (Å²) in [6.07, 6.45) is 0.827. The Bertz CT molecular complexity index is 760. The first-order valence-electron chi connectivity index (χ1n) is 8.68. The van der Waals surface area contributed by atoms with E-state index < -0.39 is 0 Å². The molecule has 0 saturated carbocycles. The van der Waals surface area contributed by atoms with Crippen molar-refractivity contribution in [2.24, 2.45) is 0 Å². The minimum absolute atomic E-state index is 0.0854. The minimum atomic E-state index is -0.276. The molecule has 0 unspecified atom stereocenters. The second-order valence-corrected chi connectivity index (χ2v) is 6.49. The molecule has 2 aliphatic rings. The number of rotatable bonds is 3. The van der Waals surface area contributed by atoms with Crippen molar-refractivity contribution < 1.29 is 14.3 Å². The fraction of sp³-hybridized carbons (Fsp3) is 0.500. The molecule has 1 fully saturated rings. The highest BCUT2D eigenvalue weighted by molar-refractivity contribution is 5.77. The molecule has 132 valence electrons. The molecule has 1 aromatic heterocycles. The zero-order valence-electron chi connectivity index (χ0n) is 14.3. The predicted molar refractivity (Wildman–Crippen MR) is 89.8 cm³/mol. The highest BCUT2D eigenvalue weighted by atomic mass is 16.5. The van der Waals surface area contributed by atoms with Crippen molar-refractivity contribution in [2.45, 2.75) is 32.0 Å². The number of hydrogen-bond acceptors (Lipinski definition) is 5. The topological polar surface area (TPSA) is 80.3 Å². The Kier molecular flexibility index (Phi) is 4.50. The molecule has 7 heteroatoms. The number of hydrogen-bond donors (Lipinski definition) is 1. The molecule has 1 amide bonds. The van der Waals surface area contributed by atoms with Crippen LogP contribution in [0, 0.1) is 6.92 Å². The molecule has 0 spiro atoms. The van der Waals surface area contributed by atoms with Crippen LogP contribution < -0.4 is 0 Å². The fourth-order valence-electron chi connectivity index (χ4n) is 3.47. The van der Waals surface area contributed by atoms with Crippen molar-refractivity contribution in [1.29, 1.82) is 0 Å². The number of amides is 1. The molecule has 2 atom stereocenters. The number of benzene rings is 1. The van der Waals surface area contributed by atoms with Gasteiger partial charge in [-0.05, 0) is 24.5 Å². The van der Waals surface area contributed by atoms with E-state index in [1.54, 1.807) is 0 Å². The average Bonchev–Trinajstić information content (AvgIpc) is 3.09. The van der Waals surface area contributed by atoms with E-state index >= 15 is 0 Å². The van der Waals surface area contributed by atoms with Gasteiger partial charge in [0, 0.05) is 6.54 Å². The van der Waals surface area contributed by atoms with Gasteiger partial charge in [-0.1, -0.05) is 24.3 Å². The maximum absolute atomic E-state index is 12.8. The number of nitrogens with zero attached hydrogens (tertiary/aromatic N) is 3. The molecule has 7 nitrogen and oxygen atoms in total. The summed E-state index contributed by atoms with van der Waals surface area (Å²) in [6, 6.07) is 8.21. The number of morpholine rings is 1. The molecule has 2 aliphatic heterocycles. The van der Waals surface area contributed by atoms with Crippen LogP contribution in [0.4, 0.5) is 0 Å². The normalized spacial score (nSPS) is 23.3. The quantitative estimate of drug-likeness (QED) is 0.919. The van der Waals surface area contributed by atoms with Crippen molar-refractivity contribution in [3.05, 3.63) is 47.0 Å². The van der Waals surface area contributed by atoms with Gasteiger partial charge in [0.25, 0.3) is 0 Å². The largest absolute Gasteiger partial charge is 0.373 e. The second kappa shape index (κ2) is 6.93. The Labute approximate surface area is 146 Å². The first kappa shape index (κ1) is 16.2. The summed E-state index contributed by atoms with van der Waals surface area (Å²) in [5, 5.41) is 6.98. The molecule has 1 aromatic carbocycles. The van der Waals surface area contributed by atoms with Crippen molar-refractivity contribution in [1.82, 2.24) is 20.1 Å². The van der Waals surface area contributed by atoms with Gasteiger partial charge >= 0.3 is 0 Å². The minimum Gasteiger partial charge on any atom is -0.373 e. The van der Waals surface area contributed by atoms with Crippen LogP contribution in [0.25, 0.3) is 0 Å². The van der Waals surface area contributed by atoms with E-state index in [2.05, 4.69) is 27.3 Å². The number of carbonyl (C=O) groups excluding carboxylic acids is 1. The highest BCUT2D eigenvalue weighted by Gasteiger charge is 2.30. The summed E-state index contributed by atoms with van der Waals surface area (Å²) in [7, 11) is 0.